The maximum Gasteiger partial charge on any atom is 0.327 e. The molecule has 0 aromatic rings. The minimum Gasteiger partial charge on any atom is -0.481 e. The summed E-state index contributed by atoms with van der Waals surface area (Å²) in [6.45, 7) is 1.39. The van der Waals surface area contributed by atoms with Crippen molar-refractivity contribution in [3.8, 4) is 0 Å². The lowest BCUT2D eigenvalue weighted by Gasteiger charge is -2.20. The number of aliphatic carboxylic acids is 2. The highest BCUT2D eigenvalue weighted by Gasteiger charge is 2.26. The van der Waals surface area contributed by atoms with Crippen LogP contribution in [0.5, 0.6) is 0 Å². The molecule has 0 aromatic heterocycles. The molecule has 1 unspecified atom stereocenters. The number of likely N-dealkylation sites (N-methyl/N-ethyl adjacent to an activating group) is 1. The molecular formula is C12H21N3O6S. The fraction of sp³-hybridized carbons (Fsp3) is 0.667. The zero-order valence-corrected chi connectivity index (χ0v) is 13.4. The Hall–Kier alpha value is -1.81. The third kappa shape index (κ3) is 7.27. The minimum atomic E-state index is -1.17. The van der Waals surface area contributed by atoms with E-state index in [1.54, 1.807) is 6.26 Å². The van der Waals surface area contributed by atoms with Crippen LogP contribution >= 0.6 is 11.8 Å². The minimum absolute atomic E-state index is 0.194. The number of carboxylic acids is 2. The molecule has 0 saturated heterocycles. The molecule has 2 amide bonds. The smallest absolute Gasteiger partial charge is 0.327 e. The summed E-state index contributed by atoms with van der Waals surface area (Å²) in [4.78, 5) is 45.3. The standard InChI is InChI=1S/C12H21N3O6S/c1-6(10(18)15-8(5-22-3)12(20)21)14-11(19)7(13-2)4-9(16)17/h6-8,13H,4-5H2,1-3H3,(H,14,19)(H,15,18)(H,16,17)(H,20,21)/t6?,7-,8-/m0/s1. The van der Waals surface area contributed by atoms with Gasteiger partial charge < -0.3 is 26.2 Å². The van der Waals surface area contributed by atoms with Crippen LogP contribution in [0.15, 0.2) is 0 Å². The fourth-order valence-electron chi connectivity index (χ4n) is 1.52. The first-order valence-corrected chi connectivity index (χ1v) is 7.83. The van der Waals surface area contributed by atoms with Gasteiger partial charge in [0.25, 0.3) is 0 Å². The number of hydrogen-bond acceptors (Lipinski definition) is 6. The average Bonchev–Trinajstić information content (AvgIpc) is 2.43. The Labute approximate surface area is 132 Å². The average molecular weight is 335 g/mol. The summed E-state index contributed by atoms with van der Waals surface area (Å²) in [7, 11) is 1.43. The first-order chi connectivity index (χ1) is 10.2. The number of nitrogens with one attached hydrogen (secondary N) is 3. The Morgan fingerprint density at radius 3 is 2.05 bits per heavy atom. The molecule has 0 aliphatic heterocycles. The van der Waals surface area contributed by atoms with E-state index in [9.17, 15) is 19.2 Å². The zero-order chi connectivity index (χ0) is 17.3. The van der Waals surface area contributed by atoms with E-state index in [4.69, 9.17) is 10.2 Å². The van der Waals surface area contributed by atoms with Crippen LogP contribution in [0.25, 0.3) is 0 Å². The van der Waals surface area contributed by atoms with E-state index in [2.05, 4.69) is 16.0 Å². The fourth-order valence-corrected chi connectivity index (χ4v) is 2.08. The summed E-state index contributed by atoms with van der Waals surface area (Å²) < 4.78 is 0. The molecule has 9 nitrogen and oxygen atoms in total. The molecule has 0 saturated carbocycles. The number of amides is 2. The van der Waals surface area contributed by atoms with Crippen molar-refractivity contribution < 1.29 is 29.4 Å². The van der Waals surface area contributed by atoms with Gasteiger partial charge in [0.15, 0.2) is 0 Å². The van der Waals surface area contributed by atoms with Gasteiger partial charge in [-0.15, -0.1) is 0 Å². The van der Waals surface area contributed by atoms with E-state index in [1.807, 2.05) is 0 Å². The van der Waals surface area contributed by atoms with Gasteiger partial charge in [0, 0.05) is 5.75 Å². The maximum atomic E-state index is 11.9. The van der Waals surface area contributed by atoms with Gasteiger partial charge in [-0.05, 0) is 20.2 Å². The largest absolute Gasteiger partial charge is 0.481 e. The van der Waals surface area contributed by atoms with Crippen LogP contribution in [0, 0.1) is 0 Å². The monoisotopic (exact) mass is 335 g/mol. The number of thioether (sulfide) groups is 1. The quantitative estimate of drug-likeness (QED) is 0.324. The Morgan fingerprint density at radius 1 is 1.05 bits per heavy atom. The van der Waals surface area contributed by atoms with Crippen LogP contribution in [-0.4, -0.2) is 71.1 Å². The van der Waals surface area contributed by atoms with Crippen molar-refractivity contribution in [1.82, 2.24) is 16.0 Å². The molecular weight excluding hydrogens is 314 g/mol. The molecule has 126 valence electrons. The Kier molecular flexibility index (Phi) is 9.18. The summed E-state index contributed by atoms with van der Waals surface area (Å²) in [5, 5.41) is 24.8. The van der Waals surface area contributed by atoms with Gasteiger partial charge in [-0.25, -0.2) is 4.79 Å². The first-order valence-electron chi connectivity index (χ1n) is 6.44. The predicted molar refractivity (Wildman–Crippen MR) is 80.7 cm³/mol. The highest BCUT2D eigenvalue weighted by atomic mass is 32.2. The first kappa shape index (κ1) is 20.2. The van der Waals surface area contributed by atoms with Crippen molar-refractivity contribution in [2.24, 2.45) is 0 Å². The Balaban J connectivity index is 4.59. The van der Waals surface area contributed by atoms with Crippen LogP contribution in [-0.2, 0) is 19.2 Å². The molecule has 22 heavy (non-hydrogen) atoms. The normalized spacial score (nSPS) is 14.5. The summed E-state index contributed by atoms with van der Waals surface area (Å²) in [6, 6.07) is -3.02. The van der Waals surface area contributed by atoms with Gasteiger partial charge in [-0.1, -0.05) is 0 Å². The van der Waals surface area contributed by atoms with Gasteiger partial charge in [-0.3, -0.25) is 14.4 Å². The van der Waals surface area contributed by atoms with Gasteiger partial charge in [-0.2, -0.15) is 11.8 Å². The predicted octanol–water partition coefficient (Wildman–Crippen LogP) is -1.51. The number of carbonyl (C=O) groups excluding carboxylic acids is 2. The van der Waals surface area contributed by atoms with E-state index in [-0.39, 0.29) is 5.75 Å². The van der Waals surface area contributed by atoms with E-state index in [1.165, 1.54) is 25.7 Å². The van der Waals surface area contributed by atoms with Crippen LogP contribution < -0.4 is 16.0 Å². The second-order valence-electron chi connectivity index (χ2n) is 4.52. The van der Waals surface area contributed by atoms with Crippen molar-refractivity contribution in [2.75, 3.05) is 19.1 Å². The van der Waals surface area contributed by atoms with Crippen molar-refractivity contribution in [3.05, 3.63) is 0 Å². The number of carbonyl (C=O) groups is 4. The number of rotatable bonds is 10. The van der Waals surface area contributed by atoms with E-state index in [0.717, 1.165) is 0 Å². The van der Waals surface area contributed by atoms with Gasteiger partial charge in [0.2, 0.25) is 11.8 Å². The topological polar surface area (TPSA) is 145 Å². The van der Waals surface area contributed by atoms with Crippen LogP contribution in [0.2, 0.25) is 0 Å². The van der Waals surface area contributed by atoms with Crippen LogP contribution in [0.3, 0.4) is 0 Å². The van der Waals surface area contributed by atoms with Crippen LogP contribution in [0.4, 0.5) is 0 Å². The lowest BCUT2D eigenvalue weighted by atomic mass is 10.1. The Morgan fingerprint density at radius 2 is 1.64 bits per heavy atom. The molecule has 0 rings (SSSR count). The second kappa shape index (κ2) is 10.0. The summed E-state index contributed by atoms with van der Waals surface area (Å²) in [6.07, 6.45) is 1.28. The summed E-state index contributed by atoms with van der Waals surface area (Å²) in [5.41, 5.74) is 0. The number of carboxylic acid groups (broad SMARTS) is 2. The van der Waals surface area contributed by atoms with E-state index in [0.29, 0.717) is 0 Å². The van der Waals surface area contributed by atoms with Crippen LogP contribution in [0.1, 0.15) is 13.3 Å². The number of hydrogen-bond donors (Lipinski definition) is 5. The molecule has 10 heteroatoms. The zero-order valence-electron chi connectivity index (χ0n) is 12.6. The third-order valence-electron chi connectivity index (χ3n) is 2.74. The molecule has 3 atom stereocenters. The van der Waals surface area contributed by atoms with Crippen molar-refractivity contribution in [2.45, 2.75) is 31.5 Å². The van der Waals surface area contributed by atoms with E-state index < -0.39 is 48.3 Å². The molecule has 0 fully saturated rings. The van der Waals surface area contributed by atoms with Crippen molar-refractivity contribution >= 4 is 35.5 Å². The lowest BCUT2D eigenvalue weighted by molar-refractivity contribution is -0.142. The van der Waals surface area contributed by atoms with Crippen molar-refractivity contribution in [1.29, 1.82) is 0 Å². The second-order valence-corrected chi connectivity index (χ2v) is 5.43. The lowest BCUT2D eigenvalue weighted by Crippen LogP contribution is -2.54. The molecule has 0 aliphatic carbocycles. The highest BCUT2D eigenvalue weighted by molar-refractivity contribution is 7.98. The molecule has 0 aromatic carbocycles. The van der Waals surface area contributed by atoms with Crippen molar-refractivity contribution in [3.63, 3.8) is 0 Å². The molecule has 0 spiro atoms. The van der Waals surface area contributed by atoms with E-state index >= 15 is 0 Å². The molecule has 0 bridgehead atoms. The van der Waals surface area contributed by atoms with Gasteiger partial charge in [0.05, 0.1) is 12.5 Å². The SMILES string of the molecule is CN[C@@H](CC(=O)O)C(=O)NC(C)C(=O)N[C@@H](CSC)C(=O)O. The molecule has 5 N–H and O–H groups in total. The molecule has 0 heterocycles. The summed E-state index contributed by atoms with van der Waals surface area (Å²) in [5.74, 6) is -3.43. The third-order valence-corrected chi connectivity index (χ3v) is 3.41. The van der Waals surface area contributed by atoms with Gasteiger partial charge >= 0.3 is 11.9 Å². The molecule has 0 aliphatic rings. The highest BCUT2D eigenvalue weighted by Crippen LogP contribution is 1.99. The Bertz CT molecular complexity index is 431. The molecule has 0 radical (unpaired) electrons. The maximum absolute atomic E-state index is 11.9. The summed E-state index contributed by atoms with van der Waals surface area (Å²) >= 11 is 1.26. The van der Waals surface area contributed by atoms with Gasteiger partial charge in [0.1, 0.15) is 12.1 Å².